The molecule has 2 rings (SSSR count). The van der Waals surface area contributed by atoms with Crippen molar-refractivity contribution >= 4 is 19.2 Å². The second-order valence-corrected chi connectivity index (χ2v) is 10.7. The number of rotatable bonds is 5. The molecular formula is C18H21LiO2Si. The van der Waals surface area contributed by atoms with Gasteiger partial charge in [0.25, 0.3) is 0 Å². The van der Waals surface area contributed by atoms with E-state index in [-0.39, 0.29) is 24.4 Å². The van der Waals surface area contributed by atoms with Crippen molar-refractivity contribution < 1.29 is 28.8 Å². The van der Waals surface area contributed by atoms with Gasteiger partial charge in [-0.3, -0.25) is 0 Å². The molecule has 0 spiro atoms. The van der Waals surface area contributed by atoms with Crippen molar-refractivity contribution in [2.75, 3.05) is 0 Å². The van der Waals surface area contributed by atoms with E-state index in [4.69, 9.17) is 0 Å². The SMILES string of the molecule is C[C@H](C(=O)[O-])[C@H](c1ccccc1)[Si](C)(C)c1ccccc1.[Li+]. The molecule has 110 valence electrons. The summed E-state index contributed by atoms with van der Waals surface area (Å²) in [4.78, 5) is 11.5. The molecule has 2 aromatic rings. The van der Waals surface area contributed by atoms with Crippen molar-refractivity contribution in [2.45, 2.75) is 25.6 Å². The number of hydrogen-bond donors (Lipinski definition) is 0. The Kier molecular flexibility index (Phi) is 6.68. The van der Waals surface area contributed by atoms with Crippen LogP contribution in [0.1, 0.15) is 18.0 Å². The van der Waals surface area contributed by atoms with Gasteiger partial charge in [-0.2, -0.15) is 0 Å². The van der Waals surface area contributed by atoms with Crippen LogP contribution in [0.5, 0.6) is 0 Å². The van der Waals surface area contributed by atoms with Crippen molar-refractivity contribution in [1.82, 2.24) is 0 Å². The Hall–Kier alpha value is -1.28. The first kappa shape index (κ1) is 18.8. The molecule has 0 aliphatic rings. The van der Waals surface area contributed by atoms with Gasteiger partial charge < -0.3 is 9.90 Å². The summed E-state index contributed by atoms with van der Waals surface area (Å²) in [6.07, 6.45) is 0. The van der Waals surface area contributed by atoms with E-state index in [1.807, 2.05) is 48.5 Å². The van der Waals surface area contributed by atoms with Gasteiger partial charge in [-0.1, -0.05) is 85.9 Å². The predicted molar refractivity (Wildman–Crippen MR) is 86.9 cm³/mol. The maximum absolute atomic E-state index is 11.5. The van der Waals surface area contributed by atoms with Crippen LogP contribution < -0.4 is 29.2 Å². The van der Waals surface area contributed by atoms with Gasteiger partial charge in [0.1, 0.15) is 0 Å². The summed E-state index contributed by atoms with van der Waals surface area (Å²) in [7, 11) is -2.00. The van der Waals surface area contributed by atoms with Gasteiger partial charge in [0.15, 0.2) is 0 Å². The third-order valence-electron chi connectivity index (χ3n) is 4.33. The van der Waals surface area contributed by atoms with Crippen LogP contribution in [0.15, 0.2) is 60.7 Å². The van der Waals surface area contributed by atoms with E-state index in [2.05, 4.69) is 25.2 Å². The molecule has 0 aliphatic carbocycles. The fourth-order valence-corrected chi connectivity index (χ4v) is 7.00. The molecule has 22 heavy (non-hydrogen) atoms. The minimum absolute atomic E-state index is 0. The minimum atomic E-state index is -2.00. The zero-order valence-corrected chi connectivity index (χ0v) is 14.7. The van der Waals surface area contributed by atoms with E-state index < -0.39 is 20.0 Å². The monoisotopic (exact) mass is 304 g/mol. The van der Waals surface area contributed by atoms with E-state index >= 15 is 0 Å². The van der Waals surface area contributed by atoms with Crippen molar-refractivity contribution in [3.8, 4) is 0 Å². The Morgan fingerprint density at radius 2 is 1.41 bits per heavy atom. The number of carboxylic acid groups (broad SMARTS) is 1. The molecule has 2 aromatic carbocycles. The second kappa shape index (κ2) is 7.83. The molecule has 0 bridgehead atoms. The van der Waals surface area contributed by atoms with Crippen molar-refractivity contribution in [3.63, 3.8) is 0 Å². The molecular weight excluding hydrogens is 283 g/mol. The molecule has 0 aromatic heterocycles. The van der Waals surface area contributed by atoms with Gasteiger partial charge in [0, 0.05) is 11.9 Å². The molecule has 2 nitrogen and oxygen atoms in total. The number of carbonyl (C=O) groups excluding carboxylic acids is 1. The van der Waals surface area contributed by atoms with E-state index in [0.29, 0.717) is 0 Å². The van der Waals surface area contributed by atoms with Crippen LogP contribution in [0.3, 0.4) is 0 Å². The Labute approximate surface area is 145 Å². The summed E-state index contributed by atoms with van der Waals surface area (Å²) in [5.41, 5.74) is 1.08. The average Bonchev–Trinajstić information content (AvgIpc) is 2.49. The van der Waals surface area contributed by atoms with E-state index in [1.165, 1.54) is 5.19 Å². The molecule has 0 saturated carbocycles. The van der Waals surface area contributed by atoms with Crippen LogP contribution in [-0.4, -0.2) is 14.0 Å². The van der Waals surface area contributed by atoms with Gasteiger partial charge in [0.2, 0.25) is 0 Å². The van der Waals surface area contributed by atoms with Crippen molar-refractivity contribution in [2.24, 2.45) is 5.92 Å². The fourth-order valence-electron chi connectivity index (χ4n) is 3.17. The van der Waals surface area contributed by atoms with Crippen molar-refractivity contribution in [3.05, 3.63) is 66.2 Å². The van der Waals surface area contributed by atoms with E-state index in [0.717, 1.165) is 5.56 Å². The van der Waals surface area contributed by atoms with E-state index in [1.54, 1.807) is 6.92 Å². The zero-order chi connectivity index (χ0) is 15.5. The topological polar surface area (TPSA) is 40.1 Å². The normalized spacial score (nSPS) is 13.8. The van der Waals surface area contributed by atoms with Crippen LogP contribution in [0, 0.1) is 5.92 Å². The molecule has 0 heterocycles. The van der Waals surface area contributed by atoms with Gasteiger partial charge in [-0.25, -0.2) is 0 Å². The van der Waals surface area contributed by atoms with Crippen LogP contribution >= 0.6 is 0 Å². The summed E-state index contributed by atoms with van der Waals surface area (Å²) in [6, 6.07) is 20.2. The first-order chi connectivity index (χ1) is 9.94. The summed E-state index contributed by atoms with van der Waals surface area (Å²) in [6.45, 7) is 6.24. The third-order valence-corrected chi connectivity index (χ3v) is 8.54. The Bertz CT molecular complexity index is 599. The number of hydrogen-bond acceptors (Lipinski definition) is 2. The minimum Gasteiger partial charge on any atom is -0.550 e. The quantitative estimate of drug-likeness (QED) is 0.687. The second-order valence-electron chi connectivity index (χ2n) is 6.08. The van der Waals surface area contributed by atoms with Gasteiger partial charge >= 0.3 is 18.9 Å². The van der Waals surface area contributed by atoms with Gasteiger partial charge in [-0.05, 0) is 11.1 Å². The summed E-state index contributed by atoms with van der Waals surface area (Å²) >= 11 is 0. The molecule has 0 radical (unpaired) electrons. The van der Waals surface area contributed by atoms with Crippen LogP contribution in [0.4, 0.5) is 0 Å². The molecule has 0 N–H and O–H groups in total. The Morgan fingerprint density at radius 3 is 1.86 bits per heavy atom. The maximum atomic E-state index is 11.5. The van der Waals surface area contributed by atoms with Crippen LogP contribution in [0.25, 0.3) is 0 Å². The summed E-state index contributed by atoms with van der Waals surface area (Å²) in [5.74, 6) is -1.48. The average molecular weight is 304 g/mol. The first-order valence-corrected chi connectivity index (χ1v) is 10.3. The van der Waals surface area contributed by atoms with Gasteiger partial charge in [0.05, 0.1) is 8.07 Å². The number of carboxylic acids is 1. The van der Waals surface area contributed by atoms with Crippen molar-refractivity contribution in [1.29, 1.82) is 0 Å². The predicted octanol–water partition coefficient (Wildman–Crippen LogP) is -0.685. The largest absolute Gasteiger partial charge is 1.00 e. The number of carbonyl (C=O) groups is 1. The zero-order valence-electron chi connectivity index (χ0n) is 13.7. The molecule has 2 atom stereocenters. The maximum Gasteiger partial charge on any atom is 1.00 e. The van der Waals surface area contributed by atoms with Gasteiger partial charge in [-0.15, -0.1) is 0 Å². The molecule has 0 unspecified atom stereocenters. The molecule has 0 aliphatic heterocycles. The fraction of sp³-hybridized carbons (Fsp3) is 0.278. The molecule has 0 amide bonds. The third kappa shape index (κ3) is 3.92. The Balaban J connectivity index is 0.00000242. The Morgan fingerprint density at radius 1 is 0.955 bits per heavy atom. The smallest absolute Gasteiger partial charge is 0.550 e. The van der Waals surface area contributed by atoms with Crippen LogP contribution in [-0.2, 0) is 4.79 Å². The number of aliphatic carboxylic acids is 1. The molecule has 0 fully saturated rings. The first-order valence-electron chi connectivity index (χ1n) is 7.26. The molecule has 0 saturated heterocycles. The summed E-state index contributed by atoms with van der Waals surface area (Å²) < 4.78 is 0. The standard InChI is InChI=1S/C18H22O2Si.Li/c1-14(18(19)20)17(15-10-6-4-7-11-15)21(2,3)16-12-8-5-9-13-16;/h4-14,17H,1-3H3,(H,19,20);/q;+1/p-1/t14-,17+;/m0./s1. The van der Waals surface area contributed by atoms with Crippen LogP contribution in [0.2, 0.25) is 13.1 Å². The summed E-state index contributed by atoms with van der Waals surface area (Å²) in [5, 5.41) is 12.8. The van der Waals surface area contributed by atoms with E-state index in [9.17, 15) is 9.90 Å². The number of benzene rings is 2. The molecule has 4 heteroatoms.